The quantitative estimate of drug-likeness (QED) is 0.858. The van der Waals surface area contributed by atoms with Crippen LogP contribution in [0.5, 0.6) is 0 Å². The van der Waals surface area contributed by atoms with E-state index >= 15 is 0 Å². The topological polar surface area (TPSA) is 69.6 Å². The molecule has 1 atom stereocenters. The molecule has 5 nitrogen and oxygen atoms in total. The van der Waals surface area contributed by atoms with Crippen LogP contribution >= 0.6 is 15.9 Å². The van der Waals surface area contributed by atoms with Gasteiger partial charge in [0, 0.05) is 23.2 Å². The number of anilines is 1. The monoisotopic (exact) mass is 356 g/mol. The minimum atomic E-state index is -1.04. The van der Waals surface area contributed by atoms with Gasteiger partial charge in [-0.1, -0.05) is 36.7 Å². The predicted octanol–water partition coefficient (Wildman–Crippen LogP) is 4.05. The van der Waals surface area contributed by atoms with E-state index in [2.05, 4.69) is 42.0 Å². The van der Waals surface area contributed by atoms with Crippen LogP contribution in [-0.4, -0.2) is 35.1 Å². The van der Waals surface area contributed by atoms with E-state index in [0.29, 0.717) is 10.2 Å². The van der Waals surface area contributed by atoms with Crippen molar-refractivity contribution in [2.45, 2.75) is 33.7 Å². The lowest BCUT2D eigenvalue weighted by molar-refractivity contribution is 0.0696. The van der Waals surface area contributed by atoms with Crippen molar-refractivity contribution in [3.63, 3.8) is 0 Å². The van der Waals surface area contributed by atoms with E-state index in [9.17, 15) is 9.59 Å². The number of carbonyl (C=O) groups is 2. The van der Waals surface area contributed by atoms with Crippen LogP contribution in [0.2, 0.25) is 0 Å². The maximum absolute atomic E-state index is 12.2. The molecular weight excluding hydrogens is 336 g/mol. The third kappa shape index (κ3) is 4.74. The zero-order chi connectivity index (χ0) is 16.4. The largest absolute Gasteiger partial charge is 0.478 e. The Balaban J connectivity index is 2.91. The van der Waals surface area contributed by atoms with Gasteiger partial charge in [0.25, 0.3) is 0 Å². The van der Waals surface area contributed by atoms with E-state index in [1.807, 2.05) is 6.92 Å². The molecule has 0 fully saturated rings. The number of hydrogen-bond acceptors (Lipinski definition) is 2. The first-order valence-corrected chi connectivity index (χ1v) is 7.39. The fraction of sp³-hybridized carbons (Fsp3) is 0.467. The smallest absolute Gasteiger partial charge is 0.335 e. The molecule has 0 aliphatic heterocycles. The zero-order valence-corrected chi connectivity index (χ0v) is 14.5. The summed E-state index contributed by atoms with van der Waals surface area (Å²) < 4.78 is 0.601. The molecule has 2 amide bonds. The number of carboxylic acid groups (broad SMARTS) is 1. The standard InChI is InChI=1S/C15H21BrN2O3/c1-9(15(2,3)4)18(5)14(21)17-12-7-10(13(19)20)6-11(16)8-12/h6-9H,1-5H3,(H,17,21)(H,19,20). The van der Waals surface area contributed by atoms with Crippen LogP contribution in [0.1, 0.15) is 38.1 Å². The molecule has 1 aromatic carbocycles. The third-order valence-corrected chi connectivity index (χ3v) is 4.01. The molecular formula is C15H21BrN2O3. The summed E-state index contributed by atoms with van der Waals surface area (Å²) in [7, 11) is 1.72. The van der Waals surface area contributed by atoms with E-state index < -0.39 is 5.97 Å². The van der Waals surface area contributed by atoms with Crippen molar-refractivity contribution >= 4 is 33.6 Å². The van der Waals surface area contributed by atoms with Crippen molar-refractivity contribution in [3.05, 3.63) is 28.2 Å². The van der Waals surface area contributed by atoms with Gasteiger partial charge in [-0.25, -0.2) is 9.59 Å². The summed E-state index contributed by atoms with van der Waals surface area (Å²) in [6.45, 7) is 8.15. The van der Waals surface area contributed by atoms with Gasteiger partial charge in [0.1, 0.15) is 0 Å². The molecule has 0 spiro atoms. The molecule has 2 N–H and O–H groups in total. The van der Waals surface area contributed by atoms with Crippen molar-refractivity contribution in [3.8, 4) is 0 Å². The molecule has 0 aliphatic rings. The van der Waals surface area contributed by atoms with Crippen molar-refractivity contribution in [2.75, 3.05) is 12.4 Å². The lowest BCUT2D eigenvalue weighted by Gasteiger charge is -2.35. The number of urea groups is 1. The highest BCUT2D eigenvalue weighted by atomic mass is 79.9. The number of rotatable bonds is 3. The Bertz CT molecular complexity index is 552. The van der Waals surface area contributed by atoms with Gasteiger partial charge in [-0.3, -0.25) is 0 Å². The first-order valence-electron chi connectivity index (χ1n) is 6.60. The van der Waals surface area contributed by atoms with Crippen molar-refractivity contribution in [1.29, 1.82) is 0 Å². The first kappa shape index (κ1) is 17.5. The Kier molecular flexibility index (Phi) is 5.39. The Hall–Kier alpha value is -1.56. The fourth-order valence-corrected chi connectivity index (χ4v) is 2.25. The van der Waals surface area contributed by atoms with E-state index in [0.717, 1.165) is 0 Å². The van der Waals surface area contributed by atoms with Crippen LogP contribution in [0.3, 0.4) is 0 Å². The molecule has 0 radical (unpaired) electrons. The second kappa shape index (κ2) is 6.47. The predicted molar refractivity (Wildman–Crippen MR) is 86.8 cm³/mol. The summed E-state index contributed by atoms with van der Waals surface area (Å²) in [5, 5.41) is 11.8. The van der Waals surface area contributed by atoms with Gasteiger partial charge in [0.15, 0.2) is 0 Å². The number of carboxylic acids is 1. The SMILES string of the molecule is CC(N(C)C(=O)Nc1cc(Br)cc(C(=O)O)c1)C(C)(C)C. The fourth-order valence-electron chi connectivity index (χ4n) is 1.75. The average molecular weight is 357 g/mol. The Morgan fingerprint density at radius 3 is 2.33 bits per heavy atom. The highest BCUT2D eigenvalue weighted by molar-refractivity contribution is 9.10. The number of nitrogens with zero attached hydrogens (tertiary/aromatic N) is 1. The molecule has 0 saturated carbocycles. The molecule has 0 bridgehead atoms. The third-order valence-electron chi connectivity index (χ3n) is 3.55. The molecule has 0 aliphatic carbocycles. The van der Waals surface area contributed by atoms with Crippen LogP contribution < -0.4 is 5.32 Å². The first-order chi connectivity index (χ1) is 9.52. The van der Waals surface area contributed by atoms with Crippen LogP contribution in [0.15, 0.2) is 22.7 Å². The van der Waals surface area contributed by atoms with E-state index in [4.69, 9.17) is 5.11 Å². The Morgan fingerprint density at radius 2 is 1.86 bits per heavy atom. The second-order valence-electron chi connectivity index (χ2n) is 6.12. The van der Waals surface area contributed by atoms with Gasteiger partial charge < -0.3 is 15.3 Å². The number of halogens is 1. The minimum Gasteiger partial charge on any atom is -0.478 e. The Labute approximate surface area is 133 Å². The van der Waals surface area contributed by atoms with Crippen molar-refractivity contribution in [1.82, 2.24) is 4.90 Å². The molecule has 0 heterocycles. The molecule has 1 unspecified atom stereocenters. The lowest BCUT2D eigenvalue weighted by atomic mass is 9.87. The maximum Gasteiger partial charge on any atom is 0.335 e. The van der Waals surface area contributed by atoms with Gasteiger partial charge in [-0.2, -0.15) is 0 Å². The molecule has 1 aromatic rings. The van der Waals surface area contributed by atoms with Gasteiger partial charge in [0.2, 0.25) is 0 Å². The molecule has 21 heavy (non-hydrogen) atoms. The normalized spacial score (nSPS) is 12.7. The summed E-state index contributed by atoms with van der Waals surface area (Å²) in [5.41, 5.74) is 0.515. The zero-order valence-electron chi connectivity index (χ0n) is 12.9. The molecule has 0 aromatic heterocycles. The summed E-state index contributed by atoms with van der Waals surface area (Å²) in [6, 6.07) is 4.34. The van der Waals surface area contributed by atoms with E-state index in [1.165, 1.54) is 12.1 Å². The average Bonchev–Trinajstić information content (AvgIpc) is 2.34. The second-order valence-corrected chi connectivity index (χ2v) is 7.03. The number of carbonyl (C=O) groups excluding carboxylic acids is 1. The van der Waals surface area contributed by atoms with Crippen molar-refractivity contribution < 1.29 is 14.7 Å². The van der Waals surface area contributed by atoms with Crippen LogP contribution in [0, 0.1) is 5.41 Å². The van der Waals surface area contributed by atoms with Crippen LogP contribution in [0.25, 0.3) is 0 Å². The van der Waals surface area contributed by atoms with Gasteiger partial charge in [-0.15, -0.1) is 0 Å². The number of hydrogen-bond donors (Lipinski definition) is 2. The highest BCUT2D eigenvalue weighted by Crippen LogP contribution is 2.24. The molecule has 116 valence electrons. The lowest BCUT2D eigenvalue weighted by Crippen LogP contribution is -2.44. The highest BCUT2D eigenvalue weighted by Gasteiger charge is 2.27. The van der Waals surface area contributed by atoms with Crippen LogP contribution in [-0.2, 0) is 0 Å². The van der Waals surface area contributed by atoms with Gasteiger partial charge in [-0.05, 0) is 30.5 Å². The van der Waals surface area contributed by atoms with Crippen LogP contribution in [0.4, 0.5) is 10.5 Å². The summed E-state index contributed by atoms with van der Waals surface area (Å²) in [6.07, 6.45) is 0. The van der Waals surface area contributed by atoms with Crippen molar-refractivity contribution in [2.24, 2.45) is 5.41 Å². The number of amides is 2. The minimum absolute atomic E-state index is 0.0311. The molecule has 1 rings (SSSR count). The number of benzene rings is 1. The molecule has 6 heteroatoms. The number of aromatic carboxylic acids is 1. The molecule has 0 saturated heterocycles. The van der Waals surface area contributed by atoms with Gasteiger partial charge >= 0.3 is 12.0 Å². The summed E-state index contributed by atoms with van der Waals surface area (Å²) >= 11 is 3.24. The van der Waals surface area contributed by atoms with E-state index in [-0.39, 0.29) is 23.1 Å². The number of nitrogens with one attached hydrogen (secondary N) is 1. The summed E-state index contributed by atoms with van der Waals surface area (Å²) in [4.78, 5) is 24.9. The Morgan fingerprint density at radius 1 is 1.29 bits per heavy atom. The van der Waals surface area contributed by atoms with E-state index in [1.54, 1.807) is 18.0 Å². The van der Waals surface area contributed by atoms with Gasteiger partial charge in [0.05, 0.1) is 5.56 Å². The summed E-state index contributed by atoms with van der Waals surface area (Å²) in [5.74, 6) is -1.04. The maximum atomic E-state index is 12.2.